The third kappa shape index (κ3) is 3.49. The Kier molecular flexibility index (Phi) is 5.99. The average molecular weight is 418 g/mol. The summed E-state index contributed by atoms with van der Waals surface area (Å²) in [6, 6.07) is 0. The van der Waals surface area contributed by atoms with E-state index in [1.807, 2.05) is 7.05 Å². The van der Waals surface area contributed by atoms with Crippen LogP contribution in [-0.4, -0.2) is 37.6 Å². The number of hydrogen-bond donors (Lipinski definition) is 2. The van der Waals surface area contributed by atoms with Gasteiger partial charge in [-0.3, -0.25) is 9.59 Å². The quantitative estimate of drug-likeness (QED) is 0.512. The Morgan fingerprint density at radius 2 is 2.00 bits per heavy atom. The minimum Gasteiger partial charge on any atom is -0.396 e. The van der Waals surface area contributed by atoms with Crippen molar-refractivity contribution in [1.29, 1.82) is 0 Å². The zero-order valence-electron chi connectivity index (χ0n) is 18.9. The number of carbonyl (C=O) groups excluding carboxylic acids is 2. The zero-order chi connectivity index (χ0) is 21.5. The lowest BCUT2D eigenvalue weighted by atomic mass is 9.43. The highest BCUT2D eigenvalue weighted by Gasteiger charge is 2.62. The molecule has 0 bridgehead atoms. The Hall–Kier alpha value is -1.43. The summed E-state index contributed by atoms with van der Waals surface area (Å²) in [4.78, 5) is 30.8. The first-order valence-electron chi connectivity index (χ1n) is 12.0. The van der Waals surface area contributed by atoms with E-state index in [1.54, 1.807) is 0 Å². The van der Waals surface area contributed by atoms with Crippen LogP contribution in [0.2, 0.25) is 0 Å². The first-order valence-corrected chi connectivity index (χ1v) is 12.0. The van der Waals surface area contributed by atoms with Crippen molar-refractivity contribution in [2.24, 2.45) is 51.3 Å². The molecule has 30 heavy (non-hydrogen) atoms. The van der Waals surface area contributed by atoms with Crippen LogP contribution in [-0.2, 0) is 14.4 Å². The highest BCUT2D eigenvalue weighted by molar-refractivity contribution is 5.88. The Balaban J connectivity index is 1.54. The van der Waals surface area contributed by atoms with Crippen LogP contribution >= 0.6 is 0 Å². The molecule has 0 aromatic rings. The van der Waals surface area contributed by atoms with E-state index in [0.29, 0.717) is 36.6 Å². The molecule has 0 heterocycles. The summed E-state index contributed by atoms with van der Waals surface area (Å²) in [5.74, 6) is 1.86. The van der Waals surface area contributed by atoms with Gasteiger partial charge in [0.25, 0.3) is 0 Å². The second-order valence-corrected chi connectivity index (χ2v) is 10.8. The van der Waals surface area contributed by atoms with Crippen molar-refractivity contribution in [3.63, 3.8) is 0 Å². The maximum Gasteiger partial charge on any atom is 0.220 e. The second-order valence-electron chi connectivity index (χ2n) is 10.8. The smallest absolute Gasteiger partial charge is 0.220 e. The van der Waals surface area contributed by atoms with Gasteiger partial charge in [0.05, 0.1) is 5.71 Å². The fourth-order valence-electron chi connectivity index (χ4n) is 7.76. The Bertz CT molecular complexity index is 722. The van der Waals surface area contributed by atoms with Gasteiger partial charge in [0.1, 0.15) is 12.4 Å². The van der Waals surface area contributed by atoms with Gasteiger partial charge in [0, 0.05) is 17.8 Å². The lowest BCUT2D eigenvalue weighted by Gasteiger charge is -2.61. The van der Waals surface area contributed by atoms with Gasteiger partial charge in [-0.1, -0.05) is 19.0 Å². The summed E-state index contributed by atoms with van der Waals surface area (Å²) >= 11 is 0. The number of nitrogens with one attached hydrogen (secondary N) is 1. The summed E-state index contributed by atoms with van der Waals surface area (Å²) in [7, 11) is 1.93. The number of rotatable bonds is 6. The Morgan fingerprint density at radius 3 is 2.73 bits per heavy atom. The number of ketones is 1. The molecule has 0 aromatic heterocycles. The predicted octanol–water partition coefficient (Wildman–Crippen LogP) is 3.29. The molecule has 168 valence electrons. The van der Waals surface area contributed by atoms with Gasteiger partial charge in [0.15, 0.2) is 0 Å². The van der Waals surface area contributed by atoms with Crippen LogP contribution in [0.4, 0.5) is 0 Å². The van der Waals surface area contributed by atoms with Crippen molar-refractivity contribution in [3.8, 4) is 0 Å². The first kappa shape index (κ1) is 21.8. The van der Waals surface area contributed by atoms with Crippen LogP contribution in [0.1, 0.15) is 71.6 Å². The maximum absolute atomic E-state index is 12.7. The number of fused-ring (bicyclic) bond motifs is 5. The molecule has 4 saturated carbocycles. The third-order valence-electron chi connectivity index (χ3n) is 9.48. The van der Waals surface area contributed by atoms with Crippen LogP contribution in [0.3, 0.4) is 0 Å². The van der Waals surface area contributed by atoms with E-state index in [4.69, 9.17) is 10.6 Å². The molecule has 0 unspecified atom stereocenters. The van der Waals surface area contributed by atoms with E-state index >= 15 is 0 Å². The number of nitrogens with zero attached hydrogens (tertiary/aromatic N) is 1. The molecule has 7 atom stereocenters. The number of hydrogen-bond acceptors (Lipinski definition) is 5. The van der Waals surface area contributed by atoms with Crippen molar-refractivity contribution >= 4 is 17.4 Å². The largest absolute Gasteiger partial charge is 0.396 e. The molecule has 0 radical (unpaired) electrons. The molecule has 6 heteroatoms. The molecule has 6 nitrogen and oxygen atoms in total. The number of primary amides is 1. The summed E-state index contributed by atoms with van der Waals surface area (Å²) in [6.45, 7) is 6.12. The SMILES string of the molecule is CNCCCO/N=C1\CC[C@@]2(C)[C@H](C1)[C@@H](C(N)=O)C[C@@H]1[C@@H]2CC[C@]2(C)C(=O)CC[C@@H]12. The summed E-state index contributed by atoms with van der Waals surface area (Å²) in [5, 5.41) is 7.55. The molecule has 0 aromatic carbocycles. The van der Waals surface area contributed by atoms with E-state index < -0.39 is 0 Å². The van der Waals surface area contributed by atoms with Crippen LogP contribution in [0.5, 0.6) is 0 Å². The van der Waals surface area contributed by atoms with E-state index in [0.717, 1.165) is 63.6 Å². The maximum atomic E-state index is 12.7. The van der Waals surface area contributed by atoms with Gasteiger partial charge >= 0.3 is 0 Å². The lowest BCUT2D eigenvalue weighted by molar-refractivity contribution is -0.150. The minimum absolute atomic E-state index is 0.0979. The molecule has 4 aliphatic rings. The lowest BCUT2D eigenvalue weighted by Crippen LogP contribution is -2.58. The standard InChI is InChI=1S/C24H39N3O3/c1-23-9-7-15(27-30-12-4-11-26-3)13-20(23)17(22(25)29)14-16-18-5-6-21(28)24(18,2)10-8-19(16)23/h16-20,26H,4-14H2,1-3H3,(H2,25,29)/b27-15+/t16-,17-,18-,19-,20+,23+,24-/m0/s1. The number of nitrogens with two attached hydrogens (primary N) is 1. The van der Waals surface area contributed by atoms with Crippen molar-refractivity contribution in [3.05, 3.63) is 0 Å². The molecular formula is C24H39N3O3. The average Bonchev–Trinajstić information content (AvgIpc) is 3.02. The van der Waals surface area contributed by atoms with Gasteiger partial charge in [-0.15, -0.1) is 0 Å². The molecule has 3 N–H and O–H groups in total. The van der Waals surface area contributed by atoms with Crippen molar-refractivity contribution in [2.45, 2.75) is 71.6 Å². The Morgan fingerprint density at radius 1 is 1.20 bits per heavy atom. The van der Waals surface area contributed by atoms with Crippen molar-refractivity contribution < 1.29 is 14.4 Å². The molecular weight excluding hydrogens is 378 g/mol. The van der Waals surface area contributed by atoms with Crippen LogP contribution in [0.25, 0.3) is 0 Å². The number of carbonyl (C=O) groups is 2. The van der Waals surface area contributed by atoms with Crippen LogP contribution < -0.4 is 11.1 Å². The number of oxime groups is 1. The van der Waals surface area contributed by atoms with Gasteiger partial charge in [0.2, 0.25) is 5.91 Å². The van der Waals surface area contributed by atoms with E-state index in [2.05, 4.69) is 24.3 Å². The summed E-state index contributed by atoms with van der Waals surface area (Å²) < 4.78 is 0. The number of Topliss-reactive ketones (excluding diaryl/α,β-unsaturated/α-hetero) is 1. The number of amides is 1. The van der Waals surface area contributed by atoms with Gasteiger partial charge in [-0.25, -0.2) is 0 Å². The normalized spacial score (nSPS) is 44.3. The summed E-state index contributed by atoms with van der Waals surface area (Å²) in [6.07, 6.45) is 8.41. The van der Waals surface area contributed by atoms with E-state index in [1.165, 1.54) is 0 Å². The molecule has 4 fully saturated rings. The highest BCUT2D eigenvalue weighted by Crippen LogP contribution is 2.66. The predicted molar refractivity (Wildman–Crippen MR) is 117 cm³/mol. The van der Waals surface area contributed by atoms with Gasteiger partial charge in [-0.2, -0.15) is 0 Å². The summed E-state index contributed by atoms with van der Waals surface area (Å²) in [5.41, 5.74) is 6.98. The first-order chi connectivity index (χ1) is 14.3. The van der Waals surface area contributed by atoms with Gasteiger partial charge < -0.3 is 15.9 Å². The fraction of sp³-hybridized carbons (Fsp3) is 0.875. The minimum atomic E-state index is -0.172. The van der Waals surface area contributed by atoms with Crippen molar-refractivity contribution in [1.82, 2.24) is 5.32 Å². The molecule has 0 aliphatic heterocycles. The van der Waals surface area contributed by atoms with Crippen LogP contribution in [0.15, 0.2) is 5.16 Å². The third-order valence-corrected chi connectivity index (χ3v) is 9.48. The second kappa shape index (κ2) is 8.25. The molecule has 0 saturated heterocycles. The highest BCUT2D eigenvalue weighted by atomic mass is 16.6. The monoisotopic (exact) mass is 417 g/mol. The molecule has 4 rings (SSSR count). The molecule has 0 spiro atoms. The molecule has 4 aliphatic carbocycles. The van der Waals surface area contributed by atoms with Crippen molar-refractivity contribution in [2.75, 3.05) is 20.2 Å². The Labute approximate surface area is 180 Å². The molecule has 1 amide bonds. The van der Waals surface area contributed by atoms with E-state index in [9.17, 15) is 9.59 Å². The zero-order valence-corrected chi connectivity index (χ0v) is 18.9. The topological polar surface area (TPSA) is 93.8 Å². The van der Waals surface area contributed by atoms with E-state index in [-0.39, 0.29) is 28.6 Å². The fourth-order valence-corrected chi connectivity index (χ4v) is 7.76. The van der Waals surface area contributed by atoms with Crippen LogP contribution in [0, 0.1) is 40.4 Å². The van der Waals surface area contributed by atoms with Gasteiger partial charge in [-0.05, 0) is 94.0 Å².